The molecule has 11 heteroatoms. The first-order valence-corrected chi connectivity index (χ1v) is 10.4. The van der Waals surface area contributed by atoms with Gasteiger partial charge < -0.3 is 10.2 Å². The van der Waals surface area contributed by atoms with Gasteiger partial charge in [0.05, 0.1) is 29.3 Å². The van der Waals surface area contributed by atoms with Gasteiger partial charge in [0.15, 0.2) is 0 Å². The number of amides is 1. The van der Waals surface area contributed by atoms with Gasteiger partial charge in [0.2, 0.25) is 5.91 Å². The molecule has 2 heterocycles. The summed E-state index contributed by atoms with van der Waals surface area (Å²) in [6, 6.07) is 13.3. The van der Waals surface area contributed by atoms with E-state index < -0.39 is 30.0 Å². The van der Waals surface area contributed by atoms with Crippen molar-refractivity contribution in [3.8, 4) is 23.4 Å². The molecule has 1 aromatic carbocycles. The number of carbonyl (C=O) groups excluding carboxylic acids is 2. The number of nitrogens with one attached hydrogen (secondary N) is 1. The Labute approximate surface area is 193 Å². The Bertz CT molecular complexity index is 1110. The van der Waals surface area contributed by atoms with Crippen LogP contribution in [0.15, 0.2) is 42.6 Å². The number of hydroxylamine groups is 2. The zero-order chi connectivity index (χ0) is 24.7. The molecule has 1 aromatic heterocycles. The van der Waals surface area contributed by atoms with Crippen LogP contribution in [0.25, 0.3) is 11.3 Å². The molecule has 1 aliphatic rings. The van der Waals surface area contributed by atoms with Gasteiger partial charge in [-0.25, -0.2) is 4.79 Å². The van der Waals surface area contributed by atoms with E-state index in [1.807, 2.05) is 6.07 Å². The summed E-state index contributed by atoms with van der Waals surface area (Å²) in [6.45, 7) is -0.0902. The second kappa shape index (κ2) is 10.8. The van der Waals surface area contributed by atoms with Crippen LogP contribution in [0.1, 0.15) is 36.3 Å². The van der Waals surface area contributed by atoms with Crippen LogP contribution in [0.5, 0.6) is 0 Å². The summed E-state index contributed by atoms with van der Waals surface area (Å²) in [5, 5.41) is 21.8. The number of halogens is 3. The molecular weight excluding hydrogens is 451 g/mol. The molecule has 0 unspecified atom stereocenters. The third-order valence-corrected chi connectivity index (χ3v) is 5.32. The van der Waals surface area contributed by atoms with Gasteiger partial charge in [0.25, 0.3) is 0 Å². The van der Waals surface area contributed by atoms with Crippen LogP contribution >= 0.6 is 0 Å². The molecule has 0 aliphatic carbocycles. The van der Waals surface area contributed by atoms with Gasteiger partial charge >= 0.3 is 12.1 Å². The summed E-state index contributed by atoms with van der Waals surface area (Å²) < 4.78 is 37.6. The highest BCUT2D eigenvalue weighted by molar-refractivity contribution is 5.82. The third kappa shape index (κ3) is 6.09. The minimum absolute atomic E-state index is 0.00230. The first kappa shape index (κ1) is 24.7. The van der Waals surface area contributed by atoms with E-state index >= 15 is 0 Å². The fourth-order valence-electron chi connectivity index (χ4n) is 3.49. The Morgan fingerprint density at radius 2 is 1.91 bits per heavy atom. The Hall–Kier alpha value is -3.96. The number of carbonyl (C=O) groups is 2. The average molecular weight is 471 g/mol. The van der Waals surface area contributed by atoms with Gasteiger partial charge in [-0.3, -0.25) is 9.78 Å². The summed E-state index contributed by atoms with van der Waals surface area (Å²) in [5.41, 5.74) is 2.49. The lowest BCUT2D eigenvalue weighted by Crippen LogP contribution is -2.51. The molecule has 0 bridgehead atoms. The van der Waals surface area contributed by atoms with Gasteiger partial charge in [-0.1, -0.05) is 18.2 Å². The number of aromatic nitrogens is 1. The first-order chi connectivity index (χ1) is 16.2. The molecule has 0 spiro atoms. The number of nitriles is 2. The van der Waals surface area contributed by atoms with Crippen molar-refractivity contribution < 1.29 is 27.6 Å². The van der Waals surface area contributed by atoms with E-state index in [0.29, 0.717) is 29.7 Å². The number of nitrogens with zero attached hydrogens (tertiary/aromatic N) is 4. The van der Waals surface area contributed by atoms with Crippen molar-refractivity contribution >= 4 is 11.9 Å². The predicted molar refractivity (Wildman–Crippen MR) is 112 cm³/mol. The van der Waals surface area contributed by atoms with Crippen molar-refractivity contribution in [1.29, 1.82) is 10.5 Å². The van der Waals surface area contributed by atoms with Crippen LogP contribution in [0, 0.1) is 22.7 Å². The van der Waals surface area contributed by atoms with Crippen LogP contribution in [0.2, 0.25) is 0 Å². The van der Waals surface area contributed by atoms with E-state index in [2.05, 4.69) is 21.2 Å². The van der Waals surface area contributed by atoms with Crippen molar-refractivity contribution in [3.63, 3.8) is 0 Å². The van der Waals surface area contributed by atoms with Crippen molar-refractivity contribution in [2.45, 2.75) is 37.4 Å². The fraction of sp³-hybridized carbons (Fsp3) is 0.348. The molecule has 2 atom stereocenters. The van der Waals surface area contributed by atoms with Crippen LogP contribution in [0.3, 0.4) is 0 Å². The van der Waals surface area contributed by atoms with Crippen molar-refractivity contribution in [2.24, 2.45) is 0 Å². The summed E-state index contributed by atoms with van der Waals surface area (Å²) >= 11 is 0. The summed E-state index contributed by atoms with van der Waals surface area (Å²) in [4.78, 5) is 32.5. The average Bonchev–Trinajstić information content (AvgIpc) is 2.84. The number of pyridine rings is 1. The van der Waals surface area contributed by atoms with E-state index in [1.165, 1.54) is 6.20 Å². The maximum atomic E-state index is 12.6. The fourth-order valence-corrected chi connectivity index (χ4v) is 3.49. The molecule has 34 heavy (non-hydrogen) atoms. The van der Waals surface area contributed by atoms with E-state index in [4.69, 9.17) is 5.26 Å². The molecule has 176 valence electrons. The van der Waals surface area contributed by atoms with Gasteiger partial charge in [-0.2, -0.15) is 23.7 Å². The summed E-state index contributed by atoms with van der Waals surface area (Å²) in [6.07, 6.45) is -2.38. The van der Waals surface area contributed by atoms with E-state index in [0.717, 1.165) is 10.6 Å². The monoisotopic (exact) mass is 471 g/mol. The molecule has 3 rings (SSSR count). The molecule has 1 N–H and O–H groups in total. The lowest BCUT2D eigenvalue weighted by molar-refractivity contribution is -0.248. The van der Waals surface area contributed by atoms with Crippen LogP contribution < -0.4 is 5.32 Å². The topological polar surface area (TPSA) is 119 Å². The zero-order valence-corrected chi connectivity index (χ0v) is 17.9. The van der Waals surface area contributed by atoms with Crippen molar-refractivity contribution in [1.82, 2.24) is 15.4 Å². The lowest BCUT2D eigenvalue weighted by Gasteiger charge is -2.32. The van der Waals surface area contributed by atoms with Gasteiger partial charge in [-0.15, -0.1) is 5.06 Å². The summed E-state index contributed by atoms with van der Waals surface area (Å²) in [7, 11) is 0. The Morgan fingerprint density at radius 1 is 1.18 bits per heavy atom. The van der Waals surface area contributed by atoms with E-state index in [1.54, 1.807) is 36.4 Å². The standard InChI is InChI=1S/C23H20F3N5O3/c24-23(25,26)22(33)34-31-10-2-1-3-20(31)21(32)30-14-18(12-28)17-8-9-19(29-13-17)16-6-4-15(11-27)5-7-16/h4-9,13,18,20H,1-3,10,14H2,(H,30,32)/t18-,20-/m0/s1. The number of hydrogen-bond donors (Lipinski definition) is 1. The number of alkyl halides is 3. The lowest BCUT2D eigenvalue weighted by atomic mass is 10.00. The molecule has 1 aliphatic heterocycles. The SMILES string of the molecule is N#Cc1ccc(-c2ccc([C@@H](C#N)CNC(=O)[C@@H]3CCCCN3OC(=O)C(F)(F)F)cn2)cc1. The van der Waals surface area contributed by atoms with Gasteiger partial charge in [-0.05, 0) is 43.0 Å². The zero-order valence-electron chi connectivity index (χ0n) is 17.9. The van der Waals surface area contributed by atoms with E-state index in [-0.39, 0.29) is 19.5 Å². The Kier molecular flexibility index (Phi) is 7.82. The second-order valence-electron chi connectivity index (χ2n) is 7.62. The minimum atomic E-state index is -5.17. The smallest absolute Gasteiger partial charge is 0.360 e. The van der Waals surface area contributed by atoms with Gasteiger partial charge in [0.1, 0.15) is 6.04 Å². The predicted octanol–water partition coefficient (Wildman–Crippen LogP) is 3.22. The molecule has 1 saturated heterocycles. The normalized spacial score (nSPS) is 17.1. The largest absolute Gasteiger partial charge is 0.492 e. The van der Waals surface area contributed by atoms with Crippen LogP contribution in [0.4, 0.5) is 13.2 Å². The van der Waals surface area contributed by atoms with Crippen molar-refractivity contribution in [3.05, 3.63) is 53.7 Å². The molecular formula is C23H20F3N5O3. The number of benzene rings is 1. The number of hydrogen-bond acceptors (Lipinski definition) is 7. The summed E-state index contributed by atoms with van der Waals surface area (Å²) in [5.74, 6) is -3.76. The van der Waals surface area contributed by atoms with Crippen molar-refractivity contribution in [2.75, 3.05) is 13.1 Å². The van der Waals surface area contributed by atoms with Gasteiger partial charge in [0, 0.05) is 24.8 Å². The molecule has 0 saturated carbocycles. The maximum absolute atomic E-state index is 12.6. The molecule has 8 nitrogen and oxygen atoms in total. The highest BCUT2D eigenvalue weighted by atomic mass is 19.4. The molecule has 0 radical (unpaired) electrons. The Balaban J connectivity index is 1.62. The number of piperidine rings is 1. The minimum Gasteiger partial charge on any atom is -0.360 e. The quantitative estimate of drug-likeness (QED) is 0.687. The maximum Gasteiger partial charge on any atom is 0.492 e. The number of rotatable bonds is 6. The molecule has 2 aromatic rings. The Morgan fingerprint density at radius 3 is 2.50 bits per heavy atom. The van der Waals surface area contributed by atoms with E-state index in [9.17, 15) is 28.0 Å². The van der Waals surface area contributed by atoms with Crippen LogP contribution in [-0.2, 0) is 14.4 Å². The molecule has 1 fully saturated rings. The highest BCUT2D eigenvalue weighted by Crippen LogP contribution is 2.24. The molecule has 1 amide bonds. The third-order valence-electron chi connectivity index (χ3n) is 5.32. The second-order valence-corrected chi connectivity index (χ2v) is 7.62. The van der Waals surface area contributed by atoms with Crippen LogP contribution in [-0.4, -0.2) is 47.2 Å². The first-order valence-electron chi connectivity index (χ1n) is 10.4. The highest BCUT2D eigenvalue weighted by Gasteiger charge is 2.44.